The largest absolute Gasteiger partial charge is 0.484 e. The molecule has 1 amide bonds. The predicted octanol–water partition coefficient (Wildman–Crippen LogP) is 3.42. The molecule has 1 aromatic heterocycles. The monoisotopic (exact) mass is 388 g/mol. The minimum Gasteiger partial charge on any atom is -0.484 e. The number of carbonyl (C=O) groups excluding carboxylic acids is 1. The molecule has 0 radical (unpaired) electrons. The zero-order valence-electron chi connectivity index (χ0n) is 14.2. The van der Waals surface area contributed by atoms with Gasteiger partial charge in [-0.2, -0.15) is 5.10 Å². The molecule has 0 bridgehead atoms. The van der Waals surface area contributed by atoms with Gasteiger partial charge in [0.25, 0.3) is 5.91 Å². The van der Waals surface area contributed by atoms with Gasteiger partial charge in [0.05, 0.1) is 11.2 Å². The highest BCUT2D eigenvalue weighted by Gasteiger charge is 2.07. The zero-order chi connectivity index (χ0) is 19.4. The van der Waals surface area contributed by atoms with E-state index in [-0.39, 0.29) is 17.2 Å². The van der Waals surface area contributed by atoms with Crippen molar-refractivity contribution >= 4 is 34.7 Å². The van der Waals surface area contributed by atoms with E-state index in [1.807, 2.05) is 0 Å². The van der Waals surface area contributed by atoms with Crippen LogP contribution in [0.4, 0.5) is 4.39 Å². The Balaban J connectivity index is 1.61. The maximum absolute atomic E-state index is 13.6. The van der Waals surface area contributed by atoms with E-state index in [0.29, 0.717) is 11.3 Å². The van der Waals surface area contributed by atoms with Gasteiger partial charge < -0.3 is 9.15 Å². The lowest BCUT2D eigenvalue weighted by molar-refractivity contribution is -0.123. The van der Waals surface area contributed by atoms with Crippen LogP contribution in [0.15, 0.2) is 56.8 Å². The summed E-state index contributed by atoms with van der Waals surface area (Å²) in [4.78, 5) is 23.2. The van der Waals surface area contributed by atoms with Crippen LogP contribution in [0.5, 0.6) is 5.75 Å². The fraction of sp³-hybridized carbons (Fsp3) is 0.105. The van der Waals surface area contributed by atoms with Crippen LogP contribution >= 0.6 is 11.6 Å². The van der Waals surface area contributed by atoms with E-state index in [1.54, 1.807) is 19.1 Å². The number of amides is 1. The summed E-state index contributed by atoms with van der Waals surface area (Å²) in [5.74, 6) is -0.748. The number of rotatable bonds is 5. The lowest BCUT2D eigenvalue weighted by atomic mass is 10.1. The molecular formula is C19H14ClFN2O4. The van der Waals surface area contributed by atoms with Crippen molar-refractivity contribution < 1.29 is 18.3 Å². The molecule has 0 aliphatic rings. The molecule has 0 atom stereocenters. The summed E-state index contributed by atoms with van der Waals surface area (Å²) in [7, 11) is 0. The van der Waals surface area contributed by atoms with E-state index < -0.39 is 17.3 Å². The van der Waals surface area contributed by atoms with Crippen LogP contribution in [-0.2, 0) is 4.79 Å². The fourth-order valence-electron chi connectivity index (χ4n) is 2.38. The molecule has 27 heavy (non-hydrogen) atoms. The summed E-state index contributed by atoms with van der Waals surface area (Å²) in [6, 6.07) is 10.5. The number of aryl methyl sites for hydroxylation is 1. The molecule has 0 spiro atoms. The maximum atomic E-state index is 13.6. The number of halogens is 2. The molecule has 6 nitrogen and oxygen atoms in total. The second-order valence-corrected chi connectivity index (χ2v) is 6.03. The Labute approximate surface area is 158 Å². The Morgan fingerprint density at radius 2 is 2.15 bits per heavy atom. The molecule has 1 heterocycles. The van der Waals surface area contributed by atoms with Gasteiger partial charge in [-0.25, -0.2) is 14.6 Å². The van der Waals surface area contributed by atoms with Crippen LogP contribution < -0.4 is 15.8 Å². The molecule has 0 saturated heterocycles. The van der Waals surface area contributed by atoms with Crippen molar-refractivity contribution in [3.63, 3.8) is 0 Å². The summed E-state index contributed by atoms with van der Waals surface area (Å²) >= 11 is 5.86. The smallest absolute Gasteiger partial charge is 0.336 e. The third-order valence-electron chi connectivity index (χ3n) is 3.68. The number of nitrogens with one attached hydrogen (secondary N) is 1. The van der Waals surface area contributed by atoms with Crippen LogP contribution in [0.25, 0.3) is 11.0 Å². The number of hydrogen-bond donors (Lipinski definition) is 1. The predicted molar refractivity (Wildman–Crippen MR) is 99.9 cm³/mol. The number of benzene rings is 2. The van der Waals surface area contributed by atoms with E-state index >= 15 is 0 Å². The van der Waals surface area contributed by atoms with Crippen molar-refractivity contribution in [1.29, 1.82) is 0 Å². The molecule has 3 rings (SSSR count). The molecule has 0 unspecified atom stereocenters. The van der Waals surface area contributed by atoms with Crippen LogP contribution in [-0.4, -0.2) is 18.7 Å². The summed E-state index contributed by atoms with van der Waals surface area (Å²) in [5, 5.41) is 4.61. The van der Waals surface area contributed by atoms with Gasteiger partial charge in [-0.05, 0) is 36.8 Å². The van der Waals surface area contributed by atoms with Gasteiger partial charge in [-0.3, -0.25) is 4.79 Å². The topological polar surface area (TPSA) is 80.9 Å². The standard InChI is InChI=1S/C19H14ClFN2O4/c1-11-7-19(25)27-17-8-12(5-6-13(11)17)26-10-18(24)23-22-9-14-15(20)3-2-4-16(14)21/h2-9H,10H2,1H3,(H,23,24)/b22-9-. The fourth-order valence-corrected chi connectivity index (χ4v) is 2.59. The molecule has 0 aliphatic carbocycles. The Hall–Kier alpha value is -3.19. The zero-order valence-corrected chi connectivity index (χ0v) is 14.9. The van der Waals surface area contributed by atoms with Gasteiger partial charge in [-0.15, -0.1) is 0 Å². The van der Waals surface area contributed by atoms with Crippen LogP contribution in [0.1, 0.15) is 11.1 Å². The van der Waals surface area contributed by atoms with E-state index in [1.165, 1.54) is 30.3 Å². The molecule has 0 fully saturated rings. The van der Waals surface area contributed by atoms with Crippen molar-refractivity contribution in [1.82, 2.24) is 5.43 Å². The third-order valence-corrected chi connectivity index (χ3v) is 4.00. The highest BCUT2D eigenvalue weighted by atomic mass is 35.5. The van der Waals surface area contributed by atoms with Gasteiger partial charge >= 0.3 is 5.63 Å². The highest BCUT2D eigenvalue weighted by molar-refractivity contribution is 6.33. The summed E-state index contributed by atoms with van der Waals surface area (Å²) in [6.45, 7) is 1.47. The van der Waals surface area contributed by atoms with Crippen molar-refractivity contribution in [3.8, 4) is 5.75 Å². The number of carbonyl (C=O) groups is 1. The molecule has 138 valence electrons. The molecule has 1 N–H and O–H groups in total. The Bertz CT molecular complexity index is 1070. The van der Waals surface area contributed by atoms with Crippen molar-refractivity contribution in [2.75, 3.05) is 6.61 Å². The molecule has 2 aromatic carbocycles. The van der Waals surface area contributed by atoms with Crippen LogP contribution in [0.2, 0.25) is 5.02 Å². The molecule has 0 aliphatic heterocycles. The van der Waals surface area contributed by atoms with Gasteiger partial charge in [0.15, 0.2) is 6.61 Å². The minimum absolute atomic E-state index is 0.0697. The van der Waals surface area contributed by atoms with E-state index in [9.17, 15) is 14.0 Å². The van der Waals surface area contributed by atoms with Gasteiger partial charge in [0.1, 0.15) is 17.1 Å². The second kappa shape index (κ2) is 8.01. The number of hydrogen-bond acceptors (Lipinski definition) is 5. The normalized spacial score (nSPS) is 11.1. The lowest BCUT2D eigenvalue weighted by Gasteiger charge is -2.07. The third kappa shape index (κ3) is 4.51. The number of hydrazone groups is 1. The minimum atomic E-state index is -0.551. The molecule has 8 heteroatoms. The van der Waals surface area contributed by atoms with Crippen molar-refractivity contribution in [3.05, 3.63) is 74.9 Å². The average Bonchev–Trinajstić information content (AvgIpc) is 2.62. The summed E-state index contributed by atoms with van der Waals surface area (Å²) in [5.41, 5.74) is 2.98. The highest BCUT2D eigenvalue weighted by Crippen LogP contribution is 2.22. The Kier molecular flexibility index (Phi) is 5.52. The quantitative estimate of drug-likeness (QED) is 0.412. The second-order valence-electron chi connectivity index (χ2n) is 5.62. The van der Waals surface area contributed by atoms with E-state index in [0.717, 1.165) is 17.2 Å². The maximum Gasteiger partial charge on any atom is 0.336 e. The van der Waals surface area contributed by atoms with Gasteiger partial charge in [0.2, 0.25) is 0 Å². The number of nitrogens with zero attached hydrogens (tertiary/aromatic N) is 1. The van der Waals surface area contributed by atoms with E-state index in [4.69, 9.17) is 20.8 Å². The first-order valence-corrected chi connectivity index (χ1v) is 8.25. The van der Waals surface area contributed by atoms with Crippen LogP contribution in [0.3, 0.4) is 0 Å². The SMILES string of the molecule is Cc1cc(=O)oc2cc(OCC(=O)N/N=C\c3c(F)cccc3Cl)ccc12. The molecule has 3 aromatic rings. The summed E-state index contributed by atoms with van der Waals surface area (Å²) < 4.78 is 24.1. The first-order chi connectivity index (χ1) is 12.9. The van der Waals surface area contributed by atoms with Gasteiger partial charge in [0, 0.05) is 23.1 Å². The molecular weight excluding hydrogens is 375 g/mol. The number of fused-ring (bicyclic) bond motifs is 1. The average molecular weight is 389 g/mol. The molecule has 0 saturated carbocycles. The number of ether oxygens (including phenoxy) is 1. The lowest BCUT2D eigenvalue weighted by Crippen LogP contribution is -2.24. The Morgan fingerprint density at radius 1 is 1.33 bits per heavy atom. The first-order valence-electron chi connectivity index (χ1n) is 7.87. The first kappa shape index (κ1) is 18.6. The van der Waals surface area contributed by atoms with Gasteiger partial charge in [-0.1, -0.05) is 17.7 Å². The van der Waals surface area contributed by atoms with E-state index in [2.05, 4.69) is 10.5 Å². The van der Waals surface area contributed by atoms with Crippen molar-refractivity contribution in [2.24, 2.45) is 5.10 Å². The Morgan fingerprint density at radius 3 is 2.93 bits per heavy atom. The van der Waals surface area contributed by atoms with Crippen molar-refractivity contribution in [2.45, 2.75) is 6.92 Å². The summed E-state index contributed by atoms with van der Waals surface area (Å²) in [6.07, 6.45) is 1.11. The van der Waals surface area contributed by atoms with Crippen LogP contribution in [0, 0.1) is 12.7 Å².